The van der Waals surface area contributed by atoms with Crippen LogP contribution in [-0.2, 0) is 39.0 Å². The first kappa shape index (κ1) is 22.8. The van der Waals surface area contributed by atoms with Gasteiger partial charge in [0.1, 0.15) is 0 Å². The van der Waals surface area contributed by atoms with Crippen molar-refractivity contribution in [2.45, 2.75) is 0 Å². The molecule has 0 spiro atoms. The first-order chi connectivity index (χ1) is 3.73. The molecule has 0 unspecified atom stereocenters. The Morgan fingerprint density at radius 1 is 0.909 bits per heavy atom. The third-order valence-electron chi connectivity index (χ3n) is 0. The minimum absolute atomic E-state index is 0. The Balaban J connectivity index is -0.0000000383. The van der Waals surface area contributed by atoms with E-state index < -0.39 is 16.4 Å². The second-order valence-electron chi connectivity index (χ2n) is 0.863. The molecule has 0 heterocycles. The topological polar surface area (TPSA) is 153 Å². The summed E-state index contributed by atoms with van der Waals surface area (Å²) >= 11 is 0. The van der Waals surface area contributed by atoms with E-state index in [4.69, 9.17) is 34.3 Å². The quantitative estimate of drug-likeness (QED) is 0.373. The predicted octanol–water partition coefficient (Wildman–Crippen LogP) is -7.19. The van der Waals surface area contributed by atoms with Gasteiger partial charge in [-0.2, -0.15) is 0 Å². The van der Waals surface area contributed by atoms with E-state index in [0.29, 0.717) is 0 Å². The van der Waals surface area contributed by atoms with E-state index in [-0.39, 0.29) is 39.0 Å². The van der Waals surface area contributed by atoms with Crippen LogP contribution in [0.2, 0.25) is 0 Å². The summed E-state index contributed by atoms with van der Waals surface area (Å²) in [4.78, 5) is 30.6. The van der Waals surface area contributed by atoms with Crippen molar-refractivity contribution in [3.63, 3.8) is 0 Å². The van der Waals surface area contributed by atoms with E-state index >= 15 is 0 Å². The molecule has 0 fully saturated rings. The van der Waals surface area contributed by atoms with Gasteiger partial charge in [0.05, 0.1) is 0 Å². The second-order valence-corrected chi connectivity index (χ2v) is 2.01. The van der Waals surface area contributed by atoms with Gasteiger partial charge in [0, 0.05) is 0 Å². The average molecular weight is 285 g/mol. The SMILES string of the molecule is [O-]B([O-])[O-].[O-][Si](O)(O)O.[Zn+2].[Zn+2]. The molecule has 0 aromatic carbocycles. The Kier molecular flexibility index (Phi) is 23.3. The average Bonchev–Trinajstić information content (AvgIpc) is 1.19. The third kappa shape index (κ3) is 617. The molecule has 0 aliphatic heterocycles. The van der Waals surface area contributed by atoms with Crippen LogP contribution in [0.1, 0.15) is 0 Å². The van der Waals surface area contributed by atoms with E-state index in [2.05, 4.69) is 0 Å². The van der Waals surface area contributed by atoms with Crippen LogP contribution in [0.4, 0.5) is 0 Å². The van der Waals surface area contributed by atoms with Gasteiger partial charge in [0.2, 0.25) is 0 Å². The van der Waals surface area contributed by atoms with E-state index in [1.54, 1.807) is 0 Å². The summed E-state index contributed by atoms with van der Waals surface area (Å²) < 4.78 is 0. The van der Waals surface area contributed by atoms with E-state index in [1.165, 1.54) is 0 Å². The van der Waals surface area contributed by atoms with Gasteiger partial charge in [-0.05, 0) is 0 Å². The van der Waals surface area contributed by atoms with Crippen molar-refractivity contribution in [1.29, 1.82) is 0 Å². The van der Waals surface area contributed by atoms with Gasteiger partial charge in [-0.15, -0.1) is 0 Å². The van der Waals surface area contributed by atoms with Crippen LogP contribution in [0.5, 0.6) is 0 Å². The Morgan fingerprint density at radius 3 is 0.909 bits per heavy atom. The van der Waals surface area contributed by atoms with Gasteiger partial charge in [-0.1, -0.05) is 0 Å². The summed E-state index contributed by atoms with van der Waals surface area (Å²) in [5.41, 5.74) is 0. The zero-order chi connectivity index (χ0) is 8.08. The molecule has 0 saturated carbocycles. The van der Waals surface area contributed by atoms with Crippen LogP contribution in [-0.4, -0.2) is 30.8 Å². The molecular weight excluding hydrogens is 282 g/mol. The molecule has 0 rings (SSSR count). The van der Waals surface area contributed by atoms with Crippen molar-refractivity contribution in [3.05, 3.63) is 0 Å². The first-order valence-electron chi connectivity index (χ1n) is 1.58. The fraction of sp³-hybridized carbons (Fsp3) is 0. The Morgan fingerprint density at radius 2 is 0.909 bits per heavy atom. The molecule has 0 saturated heterocycles. The van der Waals surface area contributed by atoms with E-state index in [0.717, 1.165) is 0 Å². The minimum Gasteiger partial charge on any atom is -0.907 e. The summed E-state index contributed by atoms with van der Waals surface area (Å²) in [5, 5.41) is 25.2. The van der Waals surface area contributed by atoms with Crippen LogP contribution in [0.3, 0.4) is 0 Å². The maximum atomic E-state index is 8.91. The van der Waals surface area contributed by atoms with Gasteiger partial charge in [0.25, 0.3) is 0 Å². The molecule has 0 aliphatic rings. The molecule has 0 aromatic rings. The number of hydrogen-bond acceptors (Lipinski definition) is 7. The summed E-state index contributed by atoms with van der Waals surface area (Å²) in [6.07, 6.45) is 0. The molecule has 0 bridgehead atoms. The molecule has 0 radical (unpaired) electrons. The van der Waals surface area contributed by atoms with Crippen molar-refractivity contribution in [1.82, 2.24) is 0 Å². The van der Waals surface area contributed by atoms with Crippen LogP contribution in [0.15, 0.2) is 0 Å². The fourth-order valence-corrected chi connectivity index (χ4v) is 0. The van der Waals surface area contributed by atoms with Gasteiger partial charge < -0.3 is 34.3 Å². The molecule has 0 atom stereocenters. The van der Waals surface area contributed by atoms with Gasteiger partial charge in [-0.25, -0.2) is 0 Å². The first-order valence-corrected chi connectivity index (χ1v) is 3.33. The zero-order valence-electron chi connectivity index (χ0n) is 5.47. The van der Waals surface area contributed by atoms with Gasteiger partial charge in [0.15, 0.2) is 0 Å². The molecular formula is H3BO7SiZn2. The van der Waals surface area contributed by atoms with Crippen molar-refractivity contribution in [3.8, 4) is 0 Å². The summed E-state index contributed by atoms with van der Waals surface area (Å²) in [6, 6.07) is 0. The molecule has 0 aromatic heterocycles. The van der Waals surface area contributed by atoms with E-state index in [9.17, 15) is 0 Å². The summed E-state index contributed by atoms with van der Waals surface area (Å²) in [6.45, 7) is 0. The molecule has 0 aliphatic carbocycles. The molecule has 56 valence electrons. The third-order valence-corrected chi connectivity index (χ3v) is 0. The Labute approximate surface area is 89.5 Å². The molecule has 11 heteroatoms. The van der Waals surface area contributed by atoms with Crippen LogP contribution in [0, 0.1) is 0 Å². The van der Waals surface area contributed by atoms with Crippen LogP contribution in [0.25, 0.3) is 0 Å². The predicted molar refractivity (Wildman–Crippen MR) is 18.2 cm³/mol. The molecule has 3 N–H and O–H groups in total. The van der Waals surface area contributed by atoms with Crippen molar-refractivity contribution >= 4 is 16.4 Å². The smallest absolute Gasteiger partial charge is 0.907 e. The fourth-order valence-electron chi connectivity index (χ4n) is 0. The Hall–Kier alpha value is 1.25. The molecule has 11 heavy (non-hydrogen) atoms. The summed E-state index contributed by atoms with van der Waals surface area (Å²) in [7, 11) is -7.78. The van der Waals surface area contributed by atoms with Crippen molar-refractivity contribution in [2.24, 2.45) is 0 Å². The number of hydrogen-bond donors (Lipinski definition) is 3. The van der Waals surface area contributed by atoms with E-state index in [1.807, 2.05) is 0 Å². The Bertz CT molecular complexity index is 53.2. The number of rotatable bonds is 0. The normalized spacial score (nSPS) is 7.91. The second kappa shape index (κ2) is 11.2. The van der Waals surface area contributed by atoms with Crippen molar-refractivity contribution < 1.29 is 73.2 Å². The monoisotopic (exact) mass is 282 g/mol. The van der Waals surface area contributed by atoms with Crippen LogP contribution < -0.4 is 19.9 Å². The van der Waals surface area contributed by atoms with Crippen molar-refractivity contribution in [2.75, 3.05) is 0 Å². The van der Waals surface area contributed by atoms with Gasteiger partial charge in [-0.3, -0.25) is 7.32 Å². The standard InChI is InChI=1S/BO3.H3O4Si.2Zn/c2-1(3)4;1-5(2,3)4;;/h;1-3H;;/q-3;-1;2*+2. The summed E-state index contributed by atoms with van der Waals surface area (Å²) in [5.74, 6) is 0. The maximum Gasteiger partial charge on any atom is 2.00 e. The largest absolute Gasteiger partial charge is 2.00 e. The minimum atomic E-state index is -4.86. The molecule has 0 amide bonds. The van der Waals surface area contributed by atoms with Crippen LogP contribution >= 0.6 is 0 Å². The van der Waals surface area contributed by atoms with Gasteiger partial charge >= 0.3 is 48.0 Å². The zero-order valence-corrected chi connectivity index (χ0v) is 12.4. The molecule has 7 nitrogen and oxygen atoms in total. The maximum absolute atomic E-state index is 8.91.